The third-order valence-electron chi connectivity index (χ3n) is 3.31. The molecule has 1 amide bonds. The summed E-state index contributed by atoms with van der Waals surface area (Å²) in [5.74, 6) is -0.947. The predicted octanol–water partition coefficient (Wildman–Crippen LogP) is 2.38. The van der Waals surface area contributed by atoms with Gasteiger partial charge in [0, 0.05) is 6.04 Å². The second-order valence-corrected chi connectivity index (χ2v) is 6.24. The average molecular weight is 283 g/mol. The molecule has 0 aromatic heterocycles. The van der Waals surface area contributed by atoms with E-state index in [1.54, 1.807) is 6.07 Å². The Labute approximate surface area is 115 Å². The molecule has 0 bridgehead atoms. The number of nitrogens with one attached hydrogen (secondary N) is 1. The molecule has 1 N–H and O–H groups in total. The molecule has 1 aliphatic carbocycles. The van der Waals surface area contributed by atoms with Crippen molar-refractivity contribution in [2.24, 2.45) is 0 Å². The van der Waals surface area contributed by atoms with Crippen LogP contribution in [0.15, 0.2) is 29.2 Å². The molecule has 0 aliphatic heterocycles. The first-order chi connectivity index (χ1) is 9.16. The number of hydrogen-bond acceptors (Lipinski definition) is 2. The van der Waals surface area contributed by atoms with Crippen molar-refractivity contribution in [1.29, 1.82) is 0 Å². The zero-order chi connectivity index (χ0) is 13.7. The maximum Gasteiger partial charge on any atom is 0.233 e. The van der Waals surface area contributed by atoms with E-state index in [2.05, 4.69) is 5.32 Å². The van der Waals surface area contributed by atoms with Crippen LogP contribution < -0.4 is 5.32 Å². The zero-order valence-corrected chi connectivity index (χ0v) is 11.5. The van der Waals surface area contributed by atoms with Crippen LogP contribution in [-0.4, -0.2) is 21.9 Å². The molecular weight excluding hydrogens is 265 g/mol. The van der Waals surface area contributed by atoms with Crippen LogP contribution in [0.2, 0.25) is 0 Å². The Bertz CT molecular complexity index is 472. The minimum absolute atomic E-state index is 0.0984. The lowest BCUT2D eigenvalue weighted by atomic mass is 9.95. The fourth-order valence-corrected chi connectivity index (χ4v) is 3.34. The van der Waals surface area contributed by atoms with Crippen LogP contribution in [0, 0.1) is 5.82 Å². The van der Waals surface area contributed by atoms with Crippen molar-refractivity contribution in [2.45, 2.75) is 43.0 Å². The molecule has 5 heteroatoms. The third kappa shape index (κ3) is 4.13. The largest absolute Gasteiger partial charge is 0.353 e. The second kappa shape index (κ2) is 6.80. The van der Waals surface area contributed by atoms with Gasteiger partial charge in [0.2, 0.25) is 5.91 Å². The topological polar surface area (TPSA) is 46.2 Å². The van der Waals surface area contributed by atoms with Crippen LogP contribution >= 0.6 is 0 Å². The Kier molecular flexibility index (Phi) is 5.07. The molecular formula is C14H18FNO2S. The Hall–Kier alpha value is -1.23. The van der Waals surface area contributed by atoms with Crippen LogP contribution in [0.1, 0.15) is 32.1 Å². The van der Waals surface area contributed by atoms with Gasteiger partial charge in [0.1, 0.15) is 11.6 Å². The molecule has 1 fully saturated rings. The zero-order valence-electron chi connectivity index (χ0n) is 10.7. The van der Waals surface area contributed by atoms with Gasteiger partial charge in [-0.3, -0.25) is 9.00 Å². The summed E-state index contributed by atoms with van der Waals surface area (Å²) in [5, 5.41) is 2.88. The van der Waals surface area contributed by atoms with Gasteiger partial charge >= 0.3 is 0 Å². The molecule has 0 spiro atoms. The fraction of sp³-hybridized carbons (Fsp3) is 0.500. The van der Waals surface area contributed by atoms with E-state index in [0.29, 0.717) is 0 Å². The van der Waals surface area contributed by atoms with Crippen LogP contribution in [0.4, 0.5) is 4.39 Å². The SMILES string of the molecule is O=C(CS(=O)c1ccccc1F)NC1CCCCC1. The summed E-state index contributed by atoms with van der Waals surface area (Å²) in [6, 6.07) is 6.07. The quantitative estimate of drug-likeness (QED) is 0.922. The van der Waals surface area contributed by atoms with Gasteiger partial charge in [0.05, 0.1) is 15.7 Å². The number of benzene rings is 1. The summed E-state index contributed by atoms with van der Waals surface area (Å²) in [5.41, 5.74) is 0. The smallest absolute Gasteiger partial charge is 0.233 e. The van der Waals surface area contributed by atoms with E-state index in [9.17, 15) is 13.4 Å². The van der Waals surface area contributed by atoms with Crippen molar-refractivity contribution in [3.05, 3.63) is 30.1 Å². The number of amides is 1. The Morgan fingerprint density at radius 1 is 1.26 bits per heavy atom. The Morgan fingerprint density at radius 3 is 2.63 bits per heavy atom. The van der Waals surface area contributed by atoms with E-state index in [4.69, 9.17) is 0 Å². The van der Waals surface area contributed by atoms with Crippen molar-refractivity contribution in [3.8, 4) is 0 Å². The van der Waals surface area contributed by atoms with E-state index in [1.807, 2.05) is 0 Å². The van der Waals surface area contributed by atoms with Gasteiger partial charge < -0.3 is 5.32 Å². The molecule has 1 unspecified atom stereocenters. The lowest BCUT2D eigenvalue weighted by molar-refractivity contribution is -0.119. The number of carbonyl (C=O) groups is 1. The number of hydrogen-bond donors (Lipinski definition) is 1. The van der Waals surface area contributed by atoms with Crippen LogP contribution in [0.5, 0.6) is 0 Å². The van der Waals surface area contributed by atoms with Crippen molar-refractivity contribution < 1.29 is 13.4 Å². The highest BCUT2D eigenvalue weighted by Gasteiger charge is 2.18. The van der Waals surface area contributed by atoms with Gasteiger partial charge in [-0.2, -0.15) is 0 Å². The highest BCUT2D eigenvalue weighted by atomic mass is 32.2. The molecule has 19 heavy (non-hydrogen) atoms. The first-order valence-corrected chi connectivity index (χ1v) is 7.91. The van der Waals surface area contributed by atoms with Crippen LogP contribution in [-0.2, 0) is 15.6 Å². The average Bonchev–Trinajstić information content (AvgIpc) is 2.40. The highest BCUT2D eigenvalue weighted by Crippen LogP contribution is 2.17. The molecule has 3 nitrogen and oxygen atoms in total. The third-order valence-corrected chi connectivity index (χ3v) is 4.66. The summed E-state index contributed by atoms with van der Waals surface area (Å²) >= 11 is 0. The van der Waals surface area contributed by atoms with Gasteiger partial charge in [0.15, 0.2) is 0 Å². The highest BCUT2D eigenvalue weighted by molar-refractivity contribution is 7.85. The normalized spacial score (nSPS) is 17.9. The summed E-state index contributed by atoms with van der Waals surface area (Å²) in [6.07, 6.45) is 5.44. The molecule has 0 radical (unpaired) electrons. The first kappa shape index (κ1) is 14.2. The minimum Gasteiger partial charge on any atom is -0.353 e. The van der Waals surface area contributed by atoms with E-state index in [0.717, 1.165) is 25.7 Å². The first-order valence-electron chi connectivity index (χ1n) is 6.59. The summed E-state index contributed by atoms with van der Waals surface area (Å²) in [4.78, 5) is 11.9. The van der Waals surface area contributed by atoms with Gasteiger partial charge in [-0.05, 0) is 25.0 Å². The molecule has 1 saturated carbocycles. The Morgan fingerprint density at radius 2 is 1.95 bits per heavy atom. The monoisotopic (exact) mass is 283 g/mol. The maximum absolute atomic E-state index is 13.4. The number of rotatable bonds is 4. The van der Waals surface area contributed by atoms with E-state index in [-0.39, 0.29) is 22.6 Å². The summed E-state index contributed by atoms with van der Waals surface area (Å²) in [7, 11) is -1.62. The summed E-state index contributed by atoms with van der Waals surface area (Å²) in [6.45, 7) is 0. The summed E-state index contributed by atoms with van der Waals surface area (Å²) < 4.78 is 25.4. The van der Waals surface area contributed by atoms with Gasteiger partial charge in [-0.25, -0.2) is 4.39 Å². The molecule has 1 atom stereocenters. The van der Waals surface area contributed by atoms with Crippen molar-refractivity contribution in [3.63, 3.8) is 0 Å². The maximum atomic E-state index is 13.4. The van der Waals surface area contributed by atoms with Gasteiger partial charge in [-0.15, -0.1) is 0 Å². The molecule has 2 rings (SSSR count). The molecule has 104 valence electrons. The second-order valence-electron chi connectivity index (χ2n) is 4.82. The molecule has 1 aliphatic rings. The number of carbonyl (C=O) groups excluding carboxylic acids is 1. The van der Waals surface area contributed by atoms with Gasteiger partial charge in [0.25, 0.3) is 0 Å². The van der Waals surface area contributed by atoms with Crippen molar-refractivity contribution in [2.75, 3.05) is 5.75 Å². The lowest BCUT2D eigenvalue weighted by Crippen LogP contribution is -2.38. The fourth-order valence-electron chi connectivity index (χ4n) is 2.34. The molecule has 0 saturated heterocycles. The Balaban J connectivity index is 1.88. The molecule has 1 aromatic rings. The van der Waals surface area contributed by atoms with Crippen molar-refractivity contribution >= 4 is 16.7 Å². The van der Waals surface area contributed by atoms with E-state index in [1.165, 1.54) is 24.6 Å². The number of halogens is 1. The predicted molar refractivity (Wildman–Crippen MR) is 72.7 cm³/mol. The van der Waals surface area contributed by atoms with E-state index >= 15 is 0 Å². The van der Waals surface area contributed by atoms with Crippen molar-refractivity contribution in [1.82, 2.24) is 5.32 Å². The van der Waals surface area contributed by atoms with Gasteiger partial charge in [-0.1, -0.05) is 31.4 Å². The molecule has 0 heterocycles. The lowest BCUT2D eigenvalue weighted by Gasteiger charge is -2.22. The van der Waals surface area contributed by atoms with Crippen LogP contribution in [0.3, 0.4) is 0 Å². The standard InChI is InChI=1S/C14H18FNO2S/c15-12-8-4-5-9-13(12)19(18)10-14(17)16-11-6-2-1-3-7-11/h4-5,8-9,11H,1-3,6-7,10H2,(H,16,17). The van der Waals surface area contributed by atoms with Crippen LogP contribution in [0.25, 0.3) is 0 Å². The minimum atomic E-state index is -1.62. The molecule has 1 aromatic carbocycles. The van der Waals surface area contributed by atoms with E-state index < -0.39 is 16.6 Å².